The molecule has 0 bridgehead atoms. The number of aryl methyl sites for hydroxylation is 2. The van der Waals surface area contributed by atoms with Crippen molar-refractivity contribution in [1.82, 2.24) is 14.5 Å². The molecule has 3 aromatic rings. The van der Waals surface area contributed by atoms with Crippen LogP contribution in [0.15, 0.2) is 52.5 Å². The summed E-state index contributed by atoms with van der Waals surface area (Å²) in [6.45, 7) is 3.46. The zero-order valence-corrected chi connectivity index (χ0v) is 21.3. The molecule has 4 rings (SSSR count). The number of aromatic nitrogens is 2. The van der Waals surface area contributed by atoms with E-state index >= 15 is 0 Å². The maximum atomic E-state index is 13.0. The Morgan fingerprint density at radius 3 is 2.33 bits per heavy atom. The van der Waals surface area contributed by atoms with Crippen molar-refractivity contribution in [2.75, 3.05) is 11.6 Å². The normalized spacial score (nSPS) is 16.4. The molecule has 174 valence electrons. The van der Waals surface area contributed by atoms with Crippen LogP contribution in [0.3, 0.4) is 0 Å². The molecule has 0 radical (unpaired) electrons. The highest BCUT2D eigenvalue weighted by atomic mass is 35.5. The highest BCUT2D eigenvalue weighted by molar-refractivity contribution is 7.89. The maximum Gasteiger partial charge on any atom is 0.244 e. The molecular weight excluding hydrogens is 505 g/mol. The van der Waals surface area contributed by atoms with Gasteiger partial charge in [0.15, 0.2) is 0 Å². The van der Waals surface area contributed by atoms with Crippen molar-refractivity contribution >= 4 is 56.2 Å². The lowest BCUT2D eigenvalue weighted by atomic mass is 10.0. The van der Waals surface area contributed by atoms with Crippen LogP contribution < -0.4 is 9.73 Å². The summed E-state index contributed by atoms with van der Waals surface area (Å²) in [5, 5.41) is 12.3. The van der Waals surface area contributed by atoms with Crippen molar-refractivity contribution in [3.8, 4) is 0 Å². The molecule has 1 aliphatic heterocycles. The summed E-state index contributed by atoms with van der Waals surface area (Å²) >= 11 is 18.6. The minimum atomic E-state index is -3.77. The SMILES string of the molecule is Cc1nn(C)c(C)c1S(=O)(=O)NCC1=NN(c2ccc(Cl)cc2Cl)C(c2ccc(Cl)cc2)C1. The highest BCUT2D eigenvalue weighted by Gasteiger charge is 2.32. The standard InChI is InChI=1S/C22H22Cl3N5O2S/c1-13-22(14(2)29(3)27-13)33(31,32)26-12-18-11-21(15-4-6-16(23)7-5-15)30(28-18)20-9-8-17(24)10-19(20)25/h4-10,21,26H,11-12H2,1-3H3. The molecule has 2 heterocycles. The second-order valence-corrected chi connectivity index (χ2v) is 10.8. The zero-order chi connectivity index (χ0) is 23.9. The van der Waals surface area contributed by atoms with Crippen LogP contribution in [0.25, 0.3) is 0 Å². The van der Waals surface area contributed by atoms with Crippen molar-refractivity contribution < 1.29 is 8.42 Å². The number of halogens is 3. The second kappa shape index (κ2) is 9.27. The van der Waals surface area contributed by atoms with Crippen LogP contribution in [0.2, 0.25) is 15.1 Å². The number of hydrazone groups is 1. The van der Waals surface area contributed by atoms with Crippen LogP contribution in [0.4, 0.5) is 5.69 Å². The van der Waals surface area contributed by atoms with Gasteiger partial charge in [-0.3, -0.25) is 9.69 Å². The fourth-order valence-corrected chi connectivity index (χ4v) is 5.98. The molecular formula is C22H22Cl3N5O2S. The van der Waals surface area contributed by atoms with E-state index in [1.165, 1.54) is 0 Å². The molecule has 11 heteroatoms. The van der Waals surface area contributed by atoms with E-state index in [0.717, 1.165) is 5.56 Å². The lowest BCUT2D eigenvalue weighted by Crippen LogP contribution is -2.30. The number of benzene rings is 2. The first kappa shape index (κ1) is 24.0. The van der Waals surface area contributed by atoms with Crippen LogP contribution in [0, 0.1) is 13.8 Å². The minimum absolute atomic E-state index is 0.0574. The lowest BCUT2D eigenvalue weighted by Gasteiger charge is -2.25. The lowest BCUT2D eigenvalue weighted by molar-refractivity contribution is 0.584. The summed E-state index contributed by atoms with van der Waals surface area (Å²) in [5.41, 5.74) is 3.35. The Morgan fingerprint density at radius 2 is 1.73 bits per heavy atom. The van der Waals surface area contributed by atoms with Gasteiger partial charge in [0, 0.05) is 23.5 Å². The first-order valence-electron chi connectivity index (χ1n) is 10.1. The second-order valence-electron chi connectivity index (χ2n) is 7.83. The molecule has 1 N–H and O–H groups in total. The van der Waals surface area contributed by atoms with Crippen molar-refractivity contribution in [3.63, 3.8) is 0 Å². The van der Waals surface area contributed by atoms with Crippen molar-refractivity contribution in [1.29, 1.82) is 0 Å². The molecule has 0 amide bonds. The van der Waals surface area contributed by atoms with E-state index in [1.807, 2.05) is 24.3 Å². The van der Waals surface area contributed by atoms with Gasteiger partial charge in [0.25, 0.3) is 0 Å². The number of hydrogen-bond donors (Lipinski definition) is 1. The van der Waals surface area contributed by atoms with E-state index in [1.54, 1.807) is 48.8 Å². The van der Waals surface area contributed by atoms with E-state index in [9.17, 15) is 8.42 Å². The van der Waals surface area contributed by atoms with E-state index in [-0.39, 0.29) is 17.5 Å². The largest absolute Gasteiger partial charge is 0.271 e. The van der Waals surface area contributed by atoms with Gasteiger partial charge in [-0.2, -0.15) is 10.2 Å². The molecule has 7 nitrogen and oxygen atoms in total. The Hall–Kier alpha value is -2.10. The fourth-order valence-electron chi connectivity index (χ4n) is 3.91. The van der Waals surface area contributed by atoms with Gasteiger partial charge in [-0.15, -0.1) is 0 Å². The average molecular weight is 527 g/mol. The van der Waals surface area contributed by atoms with E-state index in [2.05, 4.69) is 9.82 Å². The first-order valence-corrected chi connectivity index (χ1v) is 12.7. The highest BCUT2D eigenvalue weighted by Crippen LogP contribution is 2.39. The Morgan fingerprint density at radius 1 is 1.06 bits per heavy atom. The molecule has 1 atom stereocenters. The molecule has 0 spiro atoms. The molecule has 1 aromatic heterocycles. The number of nitrogens with one attached hydrogen (secondary N) is 1. The summed E-state index contributed by atoms with van der Waals surface area (Å²) in [7, 11) is -2.05. The molecule has 33 heavy (non-hydrogen) atoms. The Balaban J connectivity index is 1.63. The monoisotopic (exact) mass is 525 g/mol. The fraction of sp³-hybridized carbons (Fsp3) is 0.273. The predicted molar refractivity (Wildman–Crippen MR) is 133 cm³/mol. The van der Waals surface area contributed by atoms with Crippen LogP contribution in [-0.2, 0) is 17.1 Å². The summed E-state index contributed by atoms with van der Waals surface area (Å²) in [6, 6.07) is 12.5. The first-order chi connectivity index (χ1) is 15.6. The van der Waals surface area contributed by atoms with Gasteiger partial charge in [0.05, 0.1) is 40.4 Å². The summed E-state index contributed by atoms with van der Waals surface area (Å²) in [5.74, 6) is 0. The van der Waals surface area contributed by atoms with Gasteiger partial charge < -0.3 is 0 Å². The molecule has 0 saturated carbocycles. The smallest absolute Gasteiger partial charge is 0.244 e. The topological polar surface area (TPSA) is 79.6 Å². The maximum absolute atomic E-state index is 13.0. The van der Waals surface area contributed by atoms with E-state index in [0.29, 0.717) is 44.3 Å². The zero-order valence-electron chi connectivity index (χ0n) is 18.2. The Bertz CT molecular complexity index is 1340. The van der Waals surface area contributed by atoms with Crippen molar-refractivity contribution in [3.05, 3.63) is 74.5 Å². The quantitative estimate of drug-likeness (QED) is 0.474. The van der Waals surface area contributed by atoms with Crippen molar-refractivity contribution in [2.45, 2.75) is 31.2 Å². The van der Waals surface area contributed by atoms with Gasteiger partial charge >= 0.3 is 0 Å². The molecule has 1 unspecified atom stereocenters. The van der Waals surface area contributed by atoms with Crippen molar-refractivity contribution in [2.24, 2.45) is 12.1 Å². The predicted octanol–water partition coefficient (Wildman–Crippen LogP) is 5.28. The summed E-state index contributed by atoms with van der Waals surface area (Å²) in [6.07, 6.45) is 0.508. The van der Waals surface area contributed by atoms with Gasteiger partial charge in [-0.25, -0.2) is 13.1 Å². The third kappa shape index (κ3) is 4.90. The van der Waals surface area contributed by atoms with Crippen LogP contribution >= 0.6 is 34.8 Å². The third-order valence-electron chi connectivity index (χ3n) is 5.56. The van der Waals surface area contributed by atoms with E-state index < -0.39 is 10.0 Å². The molecule has 2 aromatic carbocycles. The van der Waals surface area contributed by atoms with Gasteiger partial charge in [-0.05, 0) is 49.7 Å². The molecule has 0 fully saturated rings. The van der Waals surface area contributed by atoms with Crippen LogP contribution in [0.5, 0.6) is 0 Å². The van der Waals surface area contributed by atoms with Gasteiger partial charge in [0.1, 0.15) is 4.90 Å². The number of anilines is 1. The van der Waals surface area contributed by atoms with Crippen LogP contribution in [-0.4, -0.2) is 30.5 Å². The molecule has 0 aliphatic carbocycles. The third-order valence-corrected chi connectivity index (χ3v) is 8.00. The number of nitrogens with zero attached hydrogens (tertiary/aromatic N) is 4. The number of rotatable bonds is 6. The summed E-state index contributed by atoms with van der Waals surface area (Å²) in [4.78, 5) is 0.190. The summed E-state index contributed by atoms with van der Waals surface area (Å²) < 4.78 is 30.2. The number of hydrogen-bond acceptors (Lipinski definition) is 5. The average Bonchev–Trinajstić information content (AvgIpc) is 3.27. The molecule has 0 saturated heterocycles. The minimum Gasteiger partial charge on any atom is -0.271 e. The van der Waals surface area contributed by atoms with Gasteiger partial charge in [-0.1, -0.05) is 46.9 Å². The van der Waals surface area contributed by atoms with Crippen LogP contribution in [0.1, 0.15) is 29.4 Å². The Labute approximate surface area is 208 Å². The van der Waals surface area contributed by atoms with E-state index in [4.69, 9.17) is 39.9 Å². The molecule has 1 aliphatic rings. The Kier molecular flexibility index (Phi) is 6.75. The van der Waals surface area contributed by atoms with Gasteiger partial charge in [0.2, 0.25) is 10.0 Å². The number of sulfonamides is 1.